The van der Waals surface area contributed by atoms with Crippen molar-refractivity contribution in [2.45, 2.75) is 6.18 Å². The van der Waals surface area contributed by atoms with Gasteiger partial charge < -0.3 is 5.73 Å². The van der Waals surface area contributed by atoms with E-state index >= 15 is 0 Å². The van der Waals surface area contributed by atoms with E-state index in [1.54, 1.807) is 5.32 Å². The predicted octanol–water partition coefficient (Wildman–Crippen LogP) is -0.0388. The van der Waals surface area contributed by atoms with Crippen molar-refractivity contribution in [3.05, 3.63) is 17.1 Å². The fourth-order valence-corrected chi connectivity index (χ4v) is 1.22. The molecular formula is C7H3F3N4O2. The zero-order valence-electron chi connectivity index (χ0n) is 7.42. The lowest BCUT2D eigenvalue weighted by Crippen LogP contribution is -2.20. The van der Waals surface area contributed by atoms with Crippen LogP contribution in [-0.4, -0.2) is 21.8 Å². The average molecular weight is 232 g/mol. The Hall–Kier alpha value is -2.19. The Kier molecular flexibility index (Phi) is 1.87. The quantitative estimate of drug-likeness (QED) is 0.611. The summed E-state index contributed by atoms with van der Waals surface area (Å²) in [7, 11) is 0. The number of nitrogens with two attached hydrogens (primary N) is 1. The highest BCUT2D eigenvalue weighted by Gasteiger charge is 2.40. The van der Waals surface area contributed by atoms with E-state index in [0.717, 1.165) is 0 Å². The van der Waals surface area contributed by atoms with Crippen LogP contribution >= 0.6 is 0 Å². The van der Waals surface area contributed by atoms with E-state index < -0.39 is 40.9 Å². The second-order valence-electron chi connectivity index (χ2n) is 2.94. The molecule has 0 unspecified atom stereocenters. The number of rotatable bonds is 0. The number of nitrogens with zero attached hydrogens (tertiary/aromatic N) is 2. The van der Waals surface area contributed by atoms with E-state index in [1.165, 1.54) is 0 Å². The molecule has 0 aromatic carbocycles. The van der Waals surface area contributed by atoms with Gasteiger partial charge in [0.05, 0.1) is 0 Å². The van der Waals surface area contributed by atoms with Crippen molar-refractivity contribution in [3.8, 4) is 0 Å². The number of hydrogen-bond acceptors (Lipinski definition) is 5. The van der Waals surface area contributed by atoms with Gasteiger partial charge in [-0.05, 0) is 0 Å². The summed E-state index contributed by atoms with van der Waals surface area (Å²) in [4.78, 5) is 28.0. The number of nitrogen functional groups attached to an aromatic ring is 1. The topological polar surface area (TPSA) is 98.0 Å². The summed E-state index contributed by atoms with van der Waals surface area (Å²) in [5.74, 6) is -4.12. The minimum absolute atomic E-state index is 0.419. The standard InChI is InChI=1S/C7H3F3N4O2/c8-7(9,10)6-12-2-1(3(11)13-6)4(15)14-5(2)16/h(H2,11,12,13)(H,14,15,16). The van der Waals surface area contributed by atoms with Crippen LogP contribution in [0.5, 0.6) is 0 Å². The molecule has 0 aliphatic carbocycles. The first-order chi connectivity index (χ1) is 7.30. The molecule has 0 radical (unpaired) electrons. The Bertz CT molecular complexity index is 511. The zero-order chi connectivity index (χ0) is 12.1. The van der Waals surface area contributed by atoms with Crippen molar-refractivity contribution < 1.29 is 22.8 Å². The maximum Gasteiger partial charge on any atom is 0.451 e. The molecular weight excluding hydrogens is 229 g/mol. The van der Waals surface area contributed by atoms with Gasteiger partial charge in [0.15, 0.2) is 0 Å². The minimum Gasteiger partial charge on any atom is -0.383 e. The summed E-state index contributed by atoms with van der Waals surface area (Å²) in [6.45, 7) is 0. The summed E-state index contributed by atoms with van der Waals surface area (Å²) < 4.78 is 36.8. The Morgan fingerprint density at radius 1 is 1.12 bits per heavy atom. The van der Waals surface area contributed by atoms with E-state index in [9.17, 15) is 22.8 Å². The third-order valence-electron chi connectivity index (χ3n) is 1.86. The van der Waals surface area contributed by atoms with E-state index in [1.807, 2.05) is 0 Å². The first-order valence-electron chi connectivity index (χ1n) is 3.91. The third-order valence-corrected chi connectivity index (χ3v) is 1.86. The number of hydrogen-bond donors (Lipinski definition) is 2. The van der Waals surface area contributed by atoms with Gasteiger partial charge in [0.1, 0.15) is 17.1 Å². The maximum atomic E-state index is 12.3. The second-order valence-corrected chi connectivity index (χ2v) is 2.94. The fourth-order valence-electron chi connectivity index (χ4n) is 1.22. The van der Waals surface area contributed by atoms with Gasteiger partial charge in [0.2, 0.25) is 5.82 Å². The molecule has 2 amide bonds. The summed E-state index contributed by atoms with van der Waals surface area (Å²) in [5, 5.41) is 1.77. The average Bonchev–Trinajstić information content (AvgIpc) is 2.41. The second kappa shape index (κ2) is 2.90. The monoisotopic (exact) mass is 232 g/mol. The lowest BCUT2D eigenvalue weighted by atomic mass is 10.2. The van der Waals surface area contributed by atoms with Crippen LogP contribution in [0.2, 0.25) is 0 Å². The van der Waals surface area contributed by atoms with Gasteiger partial charge in [-0.15, -0.1) is 0 Å². The van der Waals surface area contributed by atoms with E-state index in [0.29, 0.717) is 0 Å². The number of carbonyl (C=O) groups excluding carboxylic acids is 2. The third kappa shape index (κ3) is 1.36. The van der Waals surface area contributed by atoms with Gasteiger partial charge in [0, 0.05) is 0 Å². The SMILES string of the molecule is Nc1nc(C(F)(F)F)nc2c1C(=O)NC2=O. The van der Waals surface area contributed by atoms with E-state index in [2.05, 4.69) is 9.97 Å². The largest absolute Gasteiger partial charge is 0.451 e. The molecule has 0 atom stereocenters. The molecule has 2 rings (SSSR count). The van der Waals surface area contributed by atoms with Crippen LogP contribution in [-0.2, 0) is 6.18 Å². The lowest BCUT2D eigenvalue weighted by Gasteiger charge is -2.06. The first-order valence-corrected chi connectivity index (χ1v) is 3.91. The minimum atomic E-state index is -4.82. The van der Waals surface area contributed by atoms with Crippen LogP contribution in [0, 0.1) is 0 Å². The van der Waals surface area contributed by atoms with Crippen LogP contribution < -0.4 is 11.1 Å². The Balaban J connectivity index is 2.68. The maximum absolute atomic E-state index is 12.3. The molecule has 84 valence electrons. The molecule has 0 bridgehead atoms. The number of fused-ring (bicyclic) bond motifs is 1. The van der Waals surface area contributed by atoms with Crippen LogP contribution in [0.3, 0.4) is 0 Å². The lowest BCUT2D eigenvalue weighted by molar-refractivity contribution is -0.144. The molecule has 16 heavy (non-hydrogen) atoms. The molecule has 1 aromatic heterocycles. The smallest absolute Gasteiger partial charge is 0.383 e. The van der Waals surface area contributed by atoms with Gasteiger partial charge in [-0.3, -0.25) is 14.9 Å². The molecule has 6 nitrogen and oxygen atoms in total. The molecule has 9 heteroatoms. The molecule has 0 spiro atoms. The van der Waals surface area contributed by atoms with Crippen LogP contribution in [0.25, 0.3) is 0 Å². The van der Waals surface area contributed by atoms with Crippen molar-refractivity contribution in [1.82, 2.24) is 15.3 Å². The van der Waals surface area contributed by atoms with Crippen LogP contribution in [0.1, 0.15) is 26.7 Å². The van der Waals surface area contributed by atoms with E-state index in [4.69, 9.17) is 5.73 Å². The molecule has 1 aliphatic rings. The molecule has 3 N–H and O–H groups in total. The normalized spacial score (nSPS) is 14.9. The van der Waals surface area contributed by atoms with Gasteiger partial charge in [-0.2, -0.15) is 13.2 Å². The highest BCUT2D eigenvalue weighted by molar-refractivity contribution is 6.22. The Morgan fingerprint density at radius 3 is 2.31 bits per heavy atom. The molecule has 0 saturated carbocycles. The van der Waals surface area contributed by atoms with Gasteiger partial charge in [-0.1, -0.05) is 0 Å². The van der Waals surface area contributed by atoms with Crippen molar-refractivity contribution in [3.63, 3.8) is 0 Å². The van der Waals surface area contributed by atoms with Gasteiger partial charge >= 0.3 is 6.18 Å². The predicted molar refractivity (Wildman–Crippen MR) is 43.2 cm³/mol. The number of amides is 2. The Labute approximate surface area is 85.7 Å². The number of alkyl halides is 3. The molecule has 0 saturated heterocycles. The van der Waals surface area contributed by atoms with Gasteiger partial charge in [-0.25, -0.2) is 9.97 Å². The zero-order valence-corrected chi connectivity index (χ0v) is 7.42. The number of halogens is 3. The summed E-state index contributed by atoms with van der Waals surface area (Å²) in [5.41, 5.74) is 4.09. The van der Waals surface area contributed by atoms with Crippen molar-refractivity contribution in [2.75, 3.05) is 5.73 Å². The van der Waals surface area contributed by atoms with Crippen molar-refractivity contribution >= 4 is 17.6 Å². The number of carbonyl (C=O) groups is 2. The highest BCUT2D eigenvalue weighted by atomic mass is 19.4. The highest BCUT2D eigenvalue weighted by Crippen LogP contribution is 2.29. The summed E-state index contributed by atoms with van der Waals surface area (Å²) >= 11 is 0. The fraction of sp³-hybridized carbons (Fsp3) is 0.143. The van der Waals surface area contributed by atoms with E-state index in [-0.39, 0.29) is 0 Å². The Morgan fingerprint density at radius 2 is 1.75 bits per heavy atom. The summed E-state index contributed by atoms with van der Waals surface area (Å²) in [6, 6.07) is 0. The van der Waals surface area contributed by atoms with Crippen molar-refractivity contribution in [1.29, 1.82) is 0 Å². The molecule has 1 aliphatic heterocycles. The van der Waals surface area contributed by atoms with Crippen LogP contribution in [0.4, 0.5) is 19.0 Å². The molecule has 2 heterocycles. The number of imide groups is 1. The number of nitrogens with one attached hydrogen (secondary N) is 1. The first kappa shape index (κ1) is 10.3. The number of anilines is 1. The van der Waals surface area contributed by atoms with Crippen LogP contribution in [0.15, 0.2) is 0 Å². The molecule has 1 aromatic rings. The molecule has 0 fully saturated rings. The van der Waals surface area contributed by atoms with Crippen molar-refractivity contribution in [2.24, 2.45) is 0 Å². The van der Waals surface area contributed by atoms with Gasteiger partial charge in [0.25, 0.3) is 11.8 Å². The number of aromatic nitrogens is 2. The summed E-state index contributed by atoms with van der Waals surface area (Å²) in [6.07, 6.45) is -4.82.